The molecule has 0 unspecified atom stereocenters. The smallest absolute Gasteiger partial charge is 0.229 e. The predicted octanol–water partition coefficient (Wildman–Crippen LogP) is 3.07. The minimum absolute atomic E-state index is 0.000588. The predicted molar refractivity (Wildman–Crippen MR) is 83.5 cm³/mol. The molecule has 1 fully saturated rings. The van der Waals surface area contributed by atoms with E-state index in [0.717, 1.165) is 18.7 Å². The summed E-state index contributed by atoms with van der Waals surface area (Å²) in [5.41, 5.74) is 0. The van der Waals surface area contributed by atoms with Crippen LogP contribution in [0.15, 0.2) is 28.8 Å². The van der Waals surface area contributed by atoms with Gasteiger partial charge in [-0.1, -0.05) is 24.4 Å². The number of hydrogen-bond donors (Lipinski definition) is 1. The van der Waals surface area contributed by atoms with Crippen molar-refractivity contribution in [1.82, 2.24) is 10.1 Å². The van der Waals surface area contributed by atoms with Crippen LogP contribution in [0, 0.1) is 0 Å². The number of aromatic nitrogens is 2. The highest BCUT2D eigenvalue weighted by atomic mass is 16.5. The molecule has 0 bridgehead atoms. The van der Waals surface area contributed by atoms with Gasteiger partial charge in [0.25, 0.3) is 0 Å². The normalized spacial score (nSPS) is 15.5. The molecule has 0 aliphatic heterocycles. The van der Waals surface area contributed by atoms with Gasteiger partial charge in [0.1, 0.15) is 18.1 Å². The Balaban J connectivity index is 1.51. The summed E-state index contributed by atoms with van der Waals surface area (Å²) in [5, 5.41) is 12.7. The van der Waals surface area contributed by atoms with Crippen LogP contribution in [0.3, 0.4) is 0 Å². The highest BCUT2D eigenvalue weighted by molar-refractivity contribution is 5.31. The zero-order chi connectivity index (χ0) is 15.9. The summed E-state index contributed by atoms with van der Waals surface area (Å²) >= 11 is 0. The number of hydrogen-bond acceptors (Lipinski definition) is 6. The maximum atomic E-state index is 8.72. The summed E-state index contributed by atoms with van der Waals surface area (Å²) in [6.07, 6.45) is 6.06. The maximum Gasteiger partial charge on any atom is 0.229 e. The second kappa shape index (κ2) is 7.97. The molecule has 2 aromatic rings. The van der Waals surface area contributed by atoms with Gasteiger partial charge in [-0.3, -0.25) is 0 Å². The van der Waals surface area contributed by atoms with Crippen molar-refractivity contribution in [3.05, 3.63) is 36.0 Å². The Kier molecular flexibility index (Phi) is 5.47. The van der Waals surface area contributed by atoms with Crippen LogP contribution in [0.1, 0.15) is 49.7 Å². The third-order valence-corrected chi connectivity index (χ3v) is 3.99. The third kappa shape index (κ3) is 4.45. The summed E-state index contributed by atoms with van der Waals surface area (Å²) in [7, 11) is 0. The van der Waals surface area contributed by atoms with Crippen LogP contribution in [-0.4, -0.2) is 28.5 Å². The fourth-order valence-electron chi connectivity index (χ4n) is 2.78. The number of aliphatic hydroxyl groups is 1. The molecular weight excluding hydrogens is 296 g/mol. The molecule has 0 atom stereocenters. The SMILES string of the molecule is OCCOc1ccc(OCc2noc(C3CCCCC3)n2)cc1. The van der Waals surface area contributed by atoms with E-state index < -0.39 is 0 Å². The number of ether oxygens (including phenoxy) is 2. The molecule has 124 valence electrons. The van der Waals surface area contributed by atoms with Crippen molar-refractivity contribution in [3.8, 4) is 11.5 Å². The summed E-state index contributed by atoms with van der Waals surface area (Å²) in [6, 6.07) is 7.23. The lowest BCUT2D eigenvalue weighted by Gasteiger charge is -2.17. The average molecular weight is 318 g/mol. The summed E-state index contributed by atoms with van der Waals surface area (Å²) in [6.45, 7) is 0.569. The first-order chi connectivity index (χ1) is 11.3. The van der Waals surface area contributed by atoms with Gasteiger partial charge < -0.3 is 19.1 Å². The second-order valence-corrected chi connectivity index (χ2v) is 5.72. The molecule has 1 aliphatic carbocycles. The average Bonchev–Trinajstić information content (AvgIpc) is 3.09. The van der Waals surface area contributed by atoms with Crippen LogP contribution in [-0.2, 0) is 6.61 Å². The third-order valence-electron chi connectivity index (χ3n) is 3.99. The molecule has 6 nitrogen and oxygen atoms in total. The number of aliphatic hydroxyl groups excluding tert-OH is 1. The lowest BCUT2D eigenvalue weighted by atomic mass is 9.89. The highest BCUT2D eigenvalue weighted by Crippen LogP contribution is 2.31. The minimum Gasteiger partial charge on any atom is -0.491 e. The Labute approximate surface area is 135 Å². The van der Waals surface area contributed by atoms with Gasteiger partial charge in [0.2, 0.25) is 11.7 Å². The largest absolute Gasteiger partial charge is 0.491 e. The van der Waals surface area contributed by atoms with E-state index in [0.29, 0.717) is 23.2 Å². The molecule has 1 heterocycles. The van der Waals surface area contributed by atoms with E-state index in [1.54, 1.807) is 12.1 Å². The fourth-order valence-corrected chi connectivity index (χ4v) is 2.78. The molecule has 23 heavy (non-hydrogen) atoms. The van der Waals surface area contributed by atoms with Crippen molar-refractivity contribution < 1.29 is 19.1 Å². The lowest BCUT2D eigenvalue weighted by Crippen LogP contribution is -2.05. The Morgan fingerprint density at radius 1 is 1.04 bits per heavy atom. The molecule has 3 rings (SSSR count). The van der Waals surface area contributed by atoms with Gasteiger partial charge in [-0.05, 0) is 37.1 Å². The van der Waals surface area contributed by atoms with Crippen LogP contribution in [0.2, 0.25) is 0 Å². The van der Waals surface area contributed by atoms with Crippen LogP contribution in [0.4, 0.5) is 0 Å². The molecule has 1 saturated carbocycles. The van der Waals surface area contributed by atoms with Gasteiger partial charge in [0.05, 0.1) is 6.61 Å². The van der Waals surface area contributed by atoms with Crippen molar-refractivity contribution in [2.24, 2.45) is 0 Å². The van der Waals surface area contributed by atoms with Gasteiger partial charge in [0, 0.05) is 5.92 Å². The minimum atomic E-state index is -0.000588. The van der Waals surface area contributed by atoms with Crippen LogP contribution >= 0.6 is 0 Å². The van der Waals surface area contributed by atoms with E-state index >= 15 is 0 Å². The van der Waals surface area contributed by atoms with Crippen molar-refractivity contribution >= 4 is 0 Å². The quantitative estimate of drug-likeness (QED) is 0.845. The summed E-state index contributed by atoms with van der Waals surface area (Å²) in [5.74, 6) is 3.14. The molecule has 1 aromatic carbocycles. The van der Waals surface area contributed by atoms with Crippen molar-refractivity contribution in [2.45, 2.75) is 44.6 Å². The monoisotopic (exact) mass is 318 g/mol. The van der Waals surface area contributed by atoms with Crippen LogP contribution in [0.25, 0.3) is 0 Å². The highest BCUT2D eigenvalue weighted by Gasteiger charge is 2.21. The van der Waals surface area contributed by atoms with Crippen LogP contribution < -0.4 is 9.47 Å². The molecule has 0 saturated heterocycles. The topological polar surface area (TPSA) is 77.6 Å². The molecule has 0 radical (unpaired) electrons. The standard InChI is InChI=1S/C17H22N2O4/c20-10-11-21-14-6-8-15(9-7-14)22-12-16-18-17(23-19-16)13-4-2-1-3-5-13/h6-9,13,20H,1-5,10-12H2. The van der Waals surface area contributed by atoms with Gasteiger partial charge in [-0.15, -0.1) is 0 Å². The zero-order valence-electron chi connectivity index (χ0n) is 13.1. The maximum absolute atomic E-state index is 8.72. The van der Waals surface area contributed by atoms with E-state index in [-0.39, 0.29) is 19.8 Å². The molecule has 6 heteroatoms. The van der Waals surface area contributed by atoms with E-state index in [4.69, 9.17) is 19.1 Å². The first-order valence-electron chi connectivity index (χ1n) is 8.14. The molecule has 0 spiro atoms. The Bertz CT molecular complexity index is 591. The number of nitrogens with zero attached hydrogens (tertiary/aromatic N) is 2. The van der Waals surface area contributed by atoms with Gasteiger partial charge in [-0.25, -0.2) is 0 Å². The Morgan fingerprint density at radius 3 is 2.43 bits per heavy atom. The van der Waals surface area contributed by atoms with Crippen molar-refractivity contribution in [1.29, 1.82) is 0 Å². The Hall–Kier alpha value is -2.08. The van der Waals surface area contributed by atoms with E-state index in [9.17, 15) is 0 Å². The van der Waals surface area contributed by atoms with E-state index in [1.165, 1.54) is 19.3 Å². The Morgan fingerprint density at radius 2 is 1.74 bits per heavy atom. The molecular formula is C17H22N2O4. The first kappa shape index (κ1) is 15.8. The number of rotatable bonds is 7. The number of benzene rings is 1. The van der Waals surface area contributed by atoms with Gasteiger partial charge >= 0.3 is 0 Å². The van der Waals surface area contributed by atoms with E-state index in [1.807, 2.05) is 12.1 Å². The van der Waals surface area contributed by atoms with Crippen molar-refractivity contribution in [2.75, 3.05) is 13.2 Å². The van der Waals surface area contributed by atoms with Gasteiger partial charge in [-0.2, -0.15) is 4.98 Å². The molecule has 1 N–H and O–H groups in total. The molecule has 1 aliphatic rings. The summed E-state index contributed by atoms with van der Waals surface area (Å²) in [4.78, 5) is 4.45. The second-order valence-electron chi connectivity index (χ2n) is 5.72. The fraction of sp³-hybridized carbons (Fsp3) is 0.529. The van der Waals surface area contributed by atoms with Crippen molar-refractivity contribution in [3.63, 3.8) is 0 Å². The summed E-state index contributed by atoms with van der Waals surface area (Å²) < 4.78 is 16.3. The zero-order valence-corrected chi connectivity index (χ0v) is 13.1. The van der Waals surface area contributed by atoms with Gasteiger partial charge in [0.15, 0.2) is 6.61 Å². The van der Waals surface area contributed by atoms with E-state index in [2.05, 4.69) is 10.1 Å². The van der Waals surface area contributed by atoms with Crippen LogP contribution in [0.5, 0.6) is 11.5 Å². The molecule has 1 aromatic heterocycles. The lowest BCUT2D eigenvalue weighted by molar-refractivity contribution is 0.201. The first-order valence-corrected chi connectivity index (χ1v) is 8.14. The molecule has 0 amide bonds.